The molecular formula is C15H18N2. The SMILES string of the molecule is Cc1[nH]nc2c1Cc1c(C)c(C)c(C)c(C)c1-2. The Balaban J connectivity index is 2.41. The Hall–Kier alpha value is -1.57. The number of fused-ring (bicyclic) bond motifs is 3. The zero-order chi connectivity index (χ0) is 12.3. The monoisotopic (exact) mass is 226 g/mol. The molecule has 0 unspecified atom stereocenters. The summed E-state index contributed by atoms with van der Waals surface area (Å²) in [5.41, 5.74) is 12.3. The van der Waals surface area contributed by atoms with Gasteiger partial charge in [0.1, 0.15) is 0 Å². The molecule has 2 nitrogen and oxygen atoms in total. The molecule has 1 aliphatic carbocycles. The maximum Gasteiger partial charge on any atom is 0.0964 e. The van der Waals surface area contributed by atoms with E-state index in [1.807, 2.05) is 0 Å². The molecule has 17 heavy (non-hydrogen) atoms. The van der Waals surface area contributed by atoms with Crippen LogP contribution in [0.15, 0.2) is 0 Å². The van der Waals surface area contributed by atoms with E-state index in [1.54, 1.807) is 0 Å². The zero-order valence-electron chi connectivity index (χ0n) is 11.2. The van der Waals surface area contributed by atoms with Crippen LogP contribution in [-0.2, 0) is 6.42 Å². The fourth-order valence-corrected chi connectivity index (χ4v) is 2.98. The van der Waals surface area contributed by atoms with Crippen molar-refractivity contribution in [1.29, 1.82) is 0 Å². The van der Waals surface area contributed by atoms with Crippen molar-refractivity contribution in [2.45, 2.75) is 41.0 Å². The van der Waals surface area contributed by atoms with Gasteiger partial charge in [-0.05, 0) is 62.4 Å². The number of aromatic amines is 1. The lowest BCUT2D eigenvalue weighted by Crippen LogP contribution is -1.99. The second-order valence-electron chi connectivity index (χ2n) is 5.21. The summed E-state index contributed by atoms with van der Waals surface area (Å²) >= 11 is 0. The van der Waals surface area contributed by atoms with E-state index in [-0.39, 0.29) is 0 Å². The topological polar surface area (TPSA) is 28.7 Å². The maximum atomic E-state index is 4.49. The molecule has 1 aliphatic rings. The molecule has 2 aromatic rings. The first-order valence-corrected chi connectivity index (χ1v) is 6.15. The number of rotatable bonds is 0. The average molecular weight is 226 g/mol. The molecule has 88 valence electrons. The highest BCUT2D eigenvalue weighted by Crippen LogP contribution is 2.42. The van der Waals surface area contributed by atoms with Crippen molar-refractivity contribution in [3.63, 3.8) is 0 Å². The molecule has 0 radical (unpaired) electrons. The van der Waals surface area contributed by atoms with E-state index in [0.717, 1.165) is 6.42 Å². The molecule has 3 rings (SSSR count). The number of aromatic nitrogens is 2. The molecule has 0 fully saturated rings. The van der Waals surface area contributed by atoms with E-state index in [0.29, 0.717) is 0 Å². The van der Waals surface area contributed by atoms with Gasteiger partial charge in [0.2, 0.25) is 0 Å². The Labute approximate surface area is 102 Å². The van der Waals surface area contributed by atoms with Crippen molar-refractivity contribution in [2.75, 3.05) is 0 Å². The van der Waals surface area contributed by atoms with E-state index < -0.39 is 0 Å². The lowest BCUT2D eigenvalue weighted by molar-refractivity contribution is 1.03. The highest BCUT2D eigenvalue weighted by Gasteiger charge is 2.28. The van der Waals surface area contributed by atoms with Crippen molar-refractivity contribution in [1.82, 2.24) is 10.2 Å². The van der Waals surface area contributed by atoms with E-state index >= 15 is 0 Å². The van der Waals surface area contributed by atoms with Crippen LogP contribution in [-0.4, -0.2) is 10.2 Å². The second-order valence-corrected chi connectivity index (χ2v) is 5.21. The zero-order valence-corrected chi connectivity index (χ0v) is 11.2. The Morgan fingerprint density at radius 3 is 2.18 bits per heavy atom. The summed E-state index contributed by atoms with van der Waals surface area (Å²) < 4.78 is 0. The Kier molecular flexibility index (Phi) is 2.00. The first-order chi connectivity index (χ1) is 8.02. The minimum absolute atomic E-state index is 1.04. The molecule has 0 atom stereocenters. The van der Waals surface area contributed by atoms with E-state index in [2.05, 4.69) is 44.8 Å². The third-order valence-electron chi connectivity index (χ3n) is 4.48. The van der Waals surface area contributed by atoms with Crippen molar-refractivity contribution in [3.05, 3.63) is 39.1 Å². The van der Waals surface area contributed by atoms with Gasteiger partial charge in [0, 0.05) is 23.2 Å². The lowest BCUT2D eigenvalue weighted by Gasteiger charge is -2.15. The smallest absolute Gasteiger partial charge is 0.0964 e. The quantitative estimate of drug-likeness (QED) is 0.624. The molecule has 1 heterocycles. The van der Waals surface area contributed by atoms with Crippen LogP contribution in [0.1, 0.15) is 39.1 Å². The van der Waals surface area contributed by atoms with Crippen molar-refractivity contribution in [2.24, 2.45) is 0 Å². The van der Waals surface area contributed by atoms with E-state index in [4.69, 9.17) is 0 Å². The maximum absolute atomic E-state index is 4.49. The van der Waals surface area contributed by atoms with Crippen LogP contribution in [0.5, 0.6) is 0 Å². The van der Waals surface area contributed by atoms with Crippen LogP contribution in [0.4, 0.5) is 0 Å². The number of aryl methyl sites for hydroxylation is 1. The fraction of sp³-hybridized carbons (Fsp3) is 0.400. The van der Waals surface area contributed by atoms with Gasteiger partial charge in [-0.25, -0.2) is 0 Å². The molecule has 0 bridgehead atoms. The van der Waals surface area contributed by atoms with Crippen LogP contribution < -0.4 is 0 Å². The van der Waals surface area contributed by atoms with Crippen LogP contribution in [0.2, 0.25) is 0 Å². The molecular weight excluding hydrogens is 208 g/mol. The first kappa shape index (κ1) is 10.6. The molecule has 0 saturated heterocycles. The summed E-state index contributed by atoms with van der Waals surface area (Å²) in [6.45, 7) is 11.0. The fourth-order valence-electron chi connectivity index (χ4n) is 2.98. The van der Waals surface area contributed by atoms with Gasteiger partial charge >= 0.3 is 0 Å². The second kappa shape index (κ2) is 3.22. The molecule has 1 aromatic heterocycles. The van der Waals surface area contributed by atoms with E-state index in [9.17, 15) is 0 Å². The van der Waals surface area contributed by atoms with Gasteiger partial charge in [-0.3, -0.25) is 5.10 Å². The lowest BCUT2D eigenvalue weighted by atomic mass is 9.90. The predicted molar refractivity (Wildman–Crippen MR) is 70.5 cm³/mol. The van der Waals surface area contributed by atoms with Crippen LogP contribution >= 0.6 is 0 Å². The van der Waals surface area contributed by atoms with Crippen LogP contribution in [0, 0.1) is 34.6 Å². The predicted octanol–water partition coefficient (Wildman–Crippen LogP) is 3.52. The number of nitrogens with one attached hydrogen (secondary N) is 1. The number of hydrogen-bond acceptors (Lipinski definition) is 1. The van der Waals surface area contributed by atoms with E-state index in [1.165, 1.54) is 50.3 Å². The Morgan fingerprint density at radius 1 is 0.824 bits per heavy atom. The van der Waals surface area contributed by atoms with Crippen molar-refractivity contribution < 1.29 is 0 Å². The average Bonchev–Trinajstić information content (AvgIpc) is 2.84. The highest BCUT2D eigenvalue weighted by atomic mass is 15.1. The molecule has 0 aliphatic heterocycles. The summed E-state index contributed by atoms with van der Waals surface area (Å²) in [6, 6.07) is 0. The summed E-state index contributed by atoms with van der Waals surface area (Å²) in [7, 11) is 0. The summed E-state index contributed by atoms with van der Waals surface area (Å²) in [5.74, 6) is 0. The van der Waals surface area contributed by atoms with Crippen molar-refractivity contribution in [3.8, 4) is 11.3 Å². The van der Waals surface area contributed by atoms with Gasteiger partial charge in [-0.2, -0.15) is 5.10 Å². The van der Waals surface area contributed by atoms with Crippen LogP contribution in [0.25, 0.3) is 11.3 Å². The standard InChI is InChI=1S/C15H18N2/c1-7-8(2)10(4)14-12(9(7)3)6-13-11(5)16-17-15(13)14/h6H2,1-5H3,(H,16,17). The normalized spacial score (nSPS) is 12.8. The van der Waals surface area contributed by atoms with Crippen molar-refractivity contribution >= 4 is 0 Å². The highest BCUT2D eigenvalue weighted by molar-refractivity contribution is 5.80. The molecule has 2 heteroatoms. The third-order valence-corrected chi connectivity index (χ3v) is 4.48. The number of hydrogen-bond donors (Lipinski definition) is 1. The molecule has 1 N–H and O–H groups in total. The number of H-pyrrole nitrogens is 1. The summed E-state index contributed by atoms with van der Waals surface area (Å²) in [6.07, 6.45) is 1.04. The van der Waals surface area contributed by atoms with Gasteiger partial charge < -0.3 is 0 Å². The van der Waals surface area contributed by atoms with Gasteiger partial charge in [0.15, 0.2) is 0 Å². The number of benzene rings is 1. The Morgan fingerprint density at radius 2 is 1.47 bits per heavy atom. The largest absolute Gasteiger partial charge is 0.282 e. The molecule has 0 saturated carbocycles. The minimum Gasteiger partial charge on any atom is -0.282 e. The Bertz CT molecular complexity index is 633. The molecule has 0 spiro atoms. The van der Waals surface area contributed by atoms with Gasteiger partial charge in [0.25, 0.3) is 0 Å². The third kappa shape index (κ3) is 1.18. The van der Waals surface area contributed by atoms with Crippen LogP contribution in [0.3, 0.4) is 0 Å². The van der Waals surface area contributed by atoms with Gasteiger partial charge in [0.05, 0.1) is 5.69 Å². The molecule has 0 amide bonds. The van der Waals surface area contributed by atoms with Gasteiger partial charge in [-0.15, -0.1) is 0 Å². The molecule has 1 aromatic carbocycles. The summed E-state index contributed by atoms with van der Waals surface area (Å²) in [5, 5.41) is 7.60. The number of nitrogens with zero attached hydrogens (tertiary/aromatic N) is 1. The first-order valence-electron chi connectivity index (χ1n) is 6.15. The minimum atomic E-state index is 1.04. The van der Waals surface area contributed by atoms with Gasteiger partial charge in [-0.1, -0.05) is 0 Å². The summed E-state index contributed by atoms with van der Waals surface area (Å²) in [4.78, 5) is 0.